The lowest BCUT2D eigenvalue weighted by Gasteiger charge is -2.40. The van der Waals surface area contributed by atoms with Gasteiger partial charge in [-0.1, -0.05) is 204 Å². The molecule has 9 heteroatoms. The van der Waals surface area contributed by atoms with Gasteiger partial charge in [-0.3, -0.25) is 4.79 Å². The quantitative estimate of drug-likeness (QED) is 0.0263. The van der Waals surface area contributed by atoms with Crippen LogP contribution >= 0.6 is 0 Å². The van der Waals surface area contributed by atoms with Crippen LogP contribution in [0.15, 0.2) is 36.5 Å². The standard InChI is InChI=1S/C51H95NO8/c1-3-5-7-9-11-13-15-17-19-20-21-22-23-24-25-26-27-29-31-33-35-37-39-41-47(55)52-44(43-59-51-50(58)49(57)48(56)46(42-53)60-51)45(54)40-38-36-34-32-30-28-18-16-14-12-10-8-6-4-2/h15,17,20-21,23-24,44-46,48-51,53-54,56-58H,3-14,16,18-19,22,25-43H2,1-2H3,(H,52,55)/b17-15-,21-20-,24-23-. The number of carbonyl (C=O) groups excluding carboxylic acids is 1. The molecule has 1 aliphatic rings. The fourth-order valence-electron chi connectivity index (χ4n) is 7.93. The summed E-state index contributed by atoms with van der Waals surface area (Å²) < 4.78 is 11.3. The second-order valence-corrected chi connectivity index (χ2v) is 17.6. The molecule has 0 aliphatic carbocycles. The van der Waals surface area contributed by atoms with Crippen LogP contribution in [0.4, 0.5) is 0 Å². The molecular formula is C51H95NO8. The second-order valence-electron chi connectivity index (χ2n) is 17.6. The Balaban J connectivity index is 2.27. The van der Waals surface area contributed by atoms with Gasteiger partial charge in [0.2, 0.25) is 5.91 Å². The minimum atomic E-state index is -1.55. The monoisotopic (exact) mass is 850 g/mol. The first-order valence-corrected chi connectivity index (χ1v) is 25.2. The van der Waals surface area contributed by atoms with Gasteiger partial charge in [-0.25, -0.2) is 0 Å². The molecule has 1 saturated heterocycles. The Bertz CT molecular complexity index is 1030. The van der Waals surface area contributed by atoms with Crippen molar-refractivity contribution in [2.24, 2.45) is 0 Å². The Morgan fingerprint density at radius 3 is 1.45 bits per heavy atom. The molecule has 1 fully saturated rings. The number of aliphatic hydroxyl groups excluding tert-OH is 5. The minimum absolute atomic E-state index is 0.141. The van der Waals surface area contributed by atoms with Crippen LogP contribution in [-0.4, -0.2) is 87.5 Å². The van der Waals surface area contributed by atoms with Gasteiger partial charge in [-0.2, -0.15) is 0 Å². The zero-order chi connectivity index (χ0) is 43.7. The smallest absolute Gasteiger partial charge is 0.220 e. The molecule has 9 nitrogen and oxygen atoms in total. The summed E-state index contributed by atoms with van der Waals surface area (Å²) in [5.74, 6) is -0.152. The van der Waals surface area contributed by atoms with Gasteiger partial charge in [0.25, 0.3) is 0 Å². The lowest BCUT2D eigenvalue weighted by molar-refractivity contribution is -0.302. The molecule has 0 aromatic carbocycles. The molecule has 0 aromatic rings. The van der Waals surface area contributed by atoms with E-state index in [1.165, 1.54) is 141 Å². The zero-order valence-corrected chi connectivity index (χ0v) is 38.7. The molecule has 1 aliphatic heterocycles. The highest BCUT2D eigenvalue weighted by atomic mass is 16.7. The van der Waals surface area contributed by atoms with Gasteiger partial charge in [0.05, 0.1) is 25.4 Å². The van der Waals surface area contributed by atoms with E-state index in [-0.39, 0.29) is 12.5 Å². The number of rotatable bonds is 42. The summed E-state index contributed by atoms with van der Waals surface area (Å²) in [6.45, 7) is 3.82. The molecule has 6 N–H and O–H groups in total. The van der Waals surface area contributed by atoms with Crippen molar-refractivity contribution in [1.29, 1.82) is 0 Å². The number of allylic oxidation sites excluding steroid dienone is 6. The SMILES string of the molecule is CCCCCCC/C=C\C/C=C\C/C=C\CCCCCCCCCCC(=O)NC(COC1OC(CO)C(O)C(O)C1O)C(O)CCCCCCCCCCCCCCCC. The minimum Gasteiger partial charge on any atom is -0.394 e. The topological polar surface area (TPSA) is 149 Å². The maximum Gasteiger partial charge on any atom is 0.220 e. The molecule has 1 rings (SSSR count). The third-order valence-corrected chi connectivity index (χ3v) is 12.0. The molecule has 1 amide bonds. The normalized spacial score (nSPS) is 20.8. The lowest BCUT2D eigenvalue weighted by Crippen LogP contribution is -2.60. The van der Waals surface area contributed by atoms with Crippen molar-refractivity contribution < 1.29 is 39.8 Å². The van der Waals surface area contributed by atoms with Gasteiger partial charge < -0.3 is 40.3 Å². The van der Waals surface area contributed by atoms with Crippen molar-refractivity contribution in [3.63, 3.8) is 0 Å². The highest BCUT2D eigenvalue weighted by Crippen LogP contribution is 2.23. The summed E-state index contributed by atoms with van der Waals surface area (Å²) in [6, 6.07) is -0.722. The highest BCUT2D eigenvalue weighted by molar-refractivity contribution is 5.76. The van der Waals surface area contributed by atoms with E-state index >= 15 is 0 Å². The lowest BCUT2D eigenvalue weighted by atomic mass is 9.99. The number of hydrogen-bond donors (Lipinski definition) is 6. The molecule has 1 heterocycles. The molecule has 0 aromatic heterocycles. The van der Waals surface area contributed by atoms with E-state index in [1.54, 1.807) is 0 Å². The van der Waals surface area contributed by atoms with E-state index in [9.17, 15) is 30.3 Å². The first-order chi connectivity index (χ1) is 29.3. The largest absolute Gasteiger partial charge is 0.394 e. The van der Waals surface area contributed by atoms with Crippen molar-refractivity contribution in [1.82, 2.24) is 5.32 Å². The number of carbonyl (C=O) groups is 1. The molecule has 60 heavy (non-hydrogen) atoms. The van der Waals surface area contributed by atoms with Crippen molar-refractivity contribution in [3.05, 3.63) is 36.5 Å². The van der Waals surface area contributed by atoms with Crippen molar-refractivity contribution >= 4 is 5.91 Å². The number of aliphatic hydroxyl groups is 5. The Hall–Kier alpha value is -1.59. The van der Waals surface area contributed by atoms with Crippen molar-refractivity contribution in [2.45, 2.75) is 269 Å². The van der Waals surface area contributed by atoms with Crippen molar-refractivity contribution in [3.8, 4) is 0 Å². The van der Waals surface area contributed by atoms with Crippen LogP contribution in [0.5, 0.6) is 0 Å². The van der Waals surface area contributed by atoms with E-state index in [4.69, 9.17) is 9.47 Å². The van der Waals surface area contributed by atoms with Crippen LogP contribution in [-0.2, 0) is 14.3 Å². The van der Waals surface area contributed by atoms with E-state index in [0.29, 0.717) is 12.8 Å². The summed E-state index contributed by atoms with van der Waals surface area (Å²) in [4.78, 5) is 13.0. The predicted molar refractivity (Wildman–Crippen MR) is 249 cm³/mol. The molecule has 0 saturated carbocycles. The van der Waals surface area contributed by atoms with E-state index in [1.807, 2.05) is 0 Å². The van der Waals surface area contributed by atoms with Gasteiger partial charge in [-0.15, -0.1) is 0 Å². The third kappa shape index (κ3) is 31.3. The summed E-state index contributed by atoms with van der Waals surface area (Å²) in [5.41, 5.74) is 0. The molecule has 7 atom stereocenters. The van der Waals surface area contributed by atoms with E-state index in [2.05, 4.69) is 55.6 Å². The first kappa shape index (κ1) is 56.4. The van der Waals surface area contributed by atoms with Crippen LogP contribution in [0.1, 0.15) is 226 Å². The number of hydrogen-bond acceptors (Lipinski definition) is 8. The average molecular weight is 850 g/mol. The third-order valence-electron chi connectivity index (χ3n) is 12.0. The van der Waals surface area contributed by atoms with Crippen molar-refractivity contribution in [2.75, 3.05) is 13.2 Å². The fourth-order valence-corrected chi connectivity index (χ4v) is 7.93. The fraction of sp³-hybridized carbons (Fsp3) is 0.863. The maximum atomic E-state index is 13.0. The molecule has 0 spiro atoms. The van der Waals surface area contributed by atoms with Crippen LogP contribution < -0.4 is 5.32 Å². The van der Waals surface area contributed by atoms with E-state index in [0.717, 1.165) is 57.8 Å². The Morgan fingerprint density at radius 2 is 0.983 bits per heavy atom. The number of ether oxygens (including phenoxy) is 2. The molecule has 7 unspecified atom stereocenters. The van der Waals surface area contributed by atoms with Crippen LogP contribution in [0.25, 0.3) is 0 Å². The van der Waals surface area contributed by atoms with Gasteiger partial charge in [0, 0.05) is 6.42 Å². The molecule has 0 radical (unpaired) electrons. The molecule has 352 valence electrons. The zero-order valence-electron chi connectivity index (χ0n) is 38.7. The number of amides is 1. The summed E-state index contributed by atoms with van der Waals surface area (Å²) >= 11 is 0. The molecular weight excluding hydrogens is 755 g/mol. The predicted octanol–water partition coefficient (Wildman–Crippen LogP) is 11.2. The highest BCUT2D eigenvalue weighted by Gasteiger charge is 2.44. The summed E-state index contributed by atoms with van der Waals surface area (Å²) in [5, 5.41) is 54.4. The Morgan fingerprint density at radius 1 is 0.567 bits per heavy atom. The van der Waals surface area contributed by atoms with Gasteiger partial charge in [0.15, 0.2) is 6.29 Å². The molecule has 0 bridgehead atoms. The van der Waals surface area contributed by atoms with Crippen LogP contribution in [0, 0.1) is 0 Å². The Kier molecular flexibility index (Phi) is 39.0. The van der Waals surface area contributed by atoms with Gasteiger partial charge >= 0.3 is 0 Å². The van der Waals surface area contributed by atoms with Crippen LogP contribution in [0.2, 0.25) is 0 Å². The first-order valence-electron chi connectivity index (χ1n) is 25.2. The summed E-state index contributed by atoms with van der Waals surface area (Å²) in [7, 11) is 0. The number of nitrogens with one attached hydrogen (secondary N) is 1. The van der Waals surface area contributed by atoms with Gasteiger partial charge in [-0.05, 0) is 51.4 Å². The van der Waals surface area contributed by atoms with Gasteiger partial charge in [0.1, 0.15) is 24.4 Å². The Labute approximate surface area is 368 Å². The average Bonchev–Trinajstić information content (AvgIpc) is 3.25. The van der Waals surface area contributed by atoms with Crippen LogP contribution in [0.3, 0.4) is 0 Å². The second kappa shape index (κ2) is 41.4. The maximum absolute atomic E-state index is 13.0. The number of unbranched alkanes of at least 4 members (excludes halogenated alkanes) is 26. The van der Waals surface area contributed by atoms with E-state index < -0.39 is 49.5 Å². The summed E-state index contributed by atoms with van der Waals surface area (Å²) in [6.07, 6.45) is 44.3.